The topological polar surface area (TPSA) is 110 Å². The van der Waals surface area contributed by atoms with Crippen LogP contribution in [0.15, 0.2) is 24.3 Å². The van der Waals surface area contributed by atoms with E-state index in [0.29, 0.717) is 0 Å². The van der Waals surface area contributed by atoms with E-state index in [1.54, 1.807) is 0 Å². The van der Waals surface area contributed by atoms with Crippen LogP contribution in [-0.4, -0.2) is 46.0 Å². The predicted octanol–water partition coefficient (Wildman–Crippen LogP) is 1.30. The summed E-state index contributed by atoms with van der Waals surface area (Å²) >= 11 is 0. The number of aliphatic carboxylic acids is 1. The summed E-state index contributed by atoms with van der Waals surface area (Å²) in [5.74, 6) is -1.80. The van der Waals surface area contributed by atoms with E-state index >= 15 is 0 Å². The van der Waals surface area contributed by atoms with Gasteiger partial charge in [-0.3, -0.25) is 14.9 Å². The number of likely N-dealkylation sites (N-methyl/N-ethyl adjacent to an activating group) is 1. The van der Waals surface area contributed by atoms with Crippen molar-refractivity contribution >= 4 is 17.6 Å². The maximum atomic E-state index is 11.9. The van der Waals surface area contributed by atoms with Gasteiger partial charge >= 0.3 is 11.7 Å². The molecular formula is C13H16N2O6. The number of para-hydroxylation sites is 2. The standard InChI is InChI=1S/C13H16N2O6/c1-13(2,12(17)18)14(3)11(16)8-21-10-7-5-4-6-9(10)15(19)20/h4-7H,8H2,1-3H3,(H,17,18). The number of nitrogens with zero attached hydrogens (tertiary/aromatic N) is 2. The van der Waals surface area contributed by atoms with Gasteiger partial charge in [0.15, 0.2) is 12.4 Å². The molecule has 1 rings (SSSR count). The number of hydrogen-bond acceptors (Lipinski definition) is 5. The number of carbonyl (C=O) groups is 2. The zero-order valence-corrected chi connectivity index (χ0v) is 11.9. The van der Waals surface area contributed by atoms with E-state index < -0.39 is 28.9 Å². The van der Waals surface area contributed by atoms with Gasteiger partial charge in [0, 0.05) is 13.1 Å². The van der Waals surface area contributed by atoms with Crippen molar-refractivity contribution in [2.75, 3.05) is 13.7 Å². The monoisotopic (exact) mass is 296 g/mol. The Morgan fingerprint density at radius 1 is 1.38 bits per heavy atom. The highest BCUT2D eigenvalue weighted by molar-refractivity contribution is 5.86. The van der Waals surface area contributed by atoms with Gasteiger partial charge in [0.2, 0.25) is 0 Å². The van der Waals surface area contributed by atoms with Gasteiger partial charge in [0.05, 0.1) is 4.92 Å². The van der Waals surface area contributed by atoms with Crippen LogP contribution < -0.4 is 4.74 Å². The quantitative estimate of drug-likeness (QED) is 0.625. The van der Waals surface area contributed by atoms with Crippen molar-refractivity contribution in [3.8, 4) is 5.75 Å². The van der Waals surface area contributed by atoms with E-state index in [4.69, 9.17) is 9.84 Å². The summed E-state index contributed by atoms with van der Waals surface area (Å²) in [5, 5.41) is 19.8. The fourth-order valence-electron chi connectivity index (χ4n) is 1.42. The van der Waals surface area contributed by atoms with Gasteiger partial charge in [0.1, 0.15) is 5.54 Å². The lowest BCUT2D eigenvalue weighted by Crippen LogP contribution is -2.52. The van der Waals surface area contributed by atoms with E-state index in [9.17, 15) is 19.7 Å². The lowest BCUT2D eigenvalue weighted by molar-refractivity contribution is -0.385. The number of hydrogen-bond donors (Lipinski definition) is 1. The molecule has 0 spiro atoms. The first-order valence-corrected chi connectivity index (χ1v) is 6.04. The Morgan fingerprint density at radius 2 is 1.95 bits per heavy atom. The highest BCUT2D eigenvalue weighted by atomic mass is 16.6. The molecule has 8 heteroatoms. The minimum absolute atomic E-state index is 0.0441. The van der Waals surface area contributed by atoms with Gasteiger partial charge in [0.25, 0.3) is 5.91 Å². The third-order valence-electron chi connectivity index (χ3n) is 3.15. The van der Waals surface area contributed by atoms with Gasteiger partial charge < -0.3 is 14.7 Å². The Hall–Kier alpha value is -2.64. The van der Waals surface area contributed by atoms with E-state index in [0.717, 1.165) is 4.90 Å². The molecule has 1 amide bonds. The van der Waals surface area contributed by atoms with Crippen molar-refractivity contribution in [3.05, 3.63) is 34.4 Å². The molecule has 21 heavy (non-hydrogen) atoms. The molecule has 1 N–H and O–H groups in total. The SMILES string of the molecule is CN(C(=O)COc1ccccc1[N+](=O)[O-])C(C)(C)C(=O)O. The van der Waals surface area contributed by atoms with Crippen LogP contribution in [0.1, 0.15) is 13.8 Å². The normalized spacial score (nSPS) is 10.8. The summed E-state index contributed by atoms with van der Waals surface area (Å²) in [5.41, 5.74) is -1.66. The van der Waals surface area contributed by atoms with Crippen LogP contribution in [0.5, 0.6) is 5.75 Å². The molecule has 0 atom stereocenters. The van der Waals surface area contributed by atoms with E-state index in [1.807, 2.05) is 0 Å². The zero-order chi connectivity index (χ0) is 16.2. The van der Waals surface area contributed by atoms with Crippen LogP contribution in [0.2, 0.25) is 0 Å². The smallest absolute Gasteiger partial charge is 0.329 e. The van der Waals surface area contributed by atoms with Crippen molar-refractivity contribution < 1.29 is 24.4 Å². The number of ether oxygens (including phenoxy) is 1. The summed E-state index contributed by atoms with van der Waals surface area (Å²) in [7, 11) is 1.33. The molecule has 0 heterocycles. The van der Waals surface area contributed by atoms with Crippen molar-refractivity contribution in [1.82, 2.24) is 4.90 Å². The molecule has 0 saturated carbocycles. The molecule has 0 aromatic heterocycles. The van der Waals surface area contributed by atoms with E-state index in [1.165, 1.54) is 45.2 Å². The number of nitro benzene ring substituents is 1. The van der Waals surface area contributed by atoms with Gasteiger partial charge in [-0.15, -0.1) is 0 Å². The maximum Gasteiger partial charge on any atom is 0.329 e. The first-order valence-electron chi connectivity index (χ1n) is 6.04. The number of carbonyl (C=O) groups excluding carboxylic acids is 1. The Bertz CT molecular complexity index is 570. The first-order chi connectivity index (χ1) is 9.67. The van der Waals surface area contributed by atoms with Crippen molar-refractivity contribution in [3.63, 3.8) is 0 Å². The summed E-state index contributed by atoms with van der Waals surface area (Å²) in [6.07, 6.45) is 0. The van der Waals surface area contributed by atoms with Crippen LogP contribution in [0.3, 0.4) is 0 Å². The van der Waals surface area contributed by atoms with Gasteiger partial charge in [-0.05, 0) is 19.9 Å². The molecule has 8 nitrogen and oxygen atoms in total. The highest BCUT2D eigenvalue weighted by Crippen LogP contribution is 2.25. The fourth-order valence-corrected chi connectivity index (χ4v) is 1.42. The third-order valence-corrected chi connectivity index (χ3v) is 3.15. The molecular weight excluding hydrogens is 280 g/mol. The van der Waals surface area contributed by atoms with Crippen molar-refractivity contribution in [1.29, 1.82) is 0 Å². The Morgan fingerprint density at radius 3 is 2.48 bits per heavy atom. The second-order valence-electron chi connectivity index (χ2n) is 4.83. The van der Waals surface area contributed by atoms with Gasteiger partial charge in [-0.1, -0.05) is 12.1 Å². The molecule has 114 valence electrons. The molecule has 0 aliphatic heterocycles. The molecule has 0 aliphatic carbocycles. The van der Waals surface area contributed by atoms with Crippen molar-refractivity contribution in [2.45, 2.75) is 19.4 Å². The predicted molar refractivity (Wildman–Crippen MR) is 73.1 cm³/mol. The number of nitro groups is 1. The second-order valence-corrected chi connectivity index (χ2v) is 4.83. The van der Waals surface area contributed by atoms with Crippen LogP contribution >= 0.6 is 0 Å². The highest BCUT2D eigenvalue weighted by Gasteiger charge is 2.35. The van der Waals surface area contributed by atoms with Crippen LogP contribution in [0.4, 0.5) is 5.69 Å². The number of rotatable bonds is 6. The van der Waals surface area contributed by atoms with E-state index in [-0.39, 0.29) is 11.4 Å². The van der Waals surface area contributed by atoms with Gasteiger partial charge in [-0.2, -0.15) is 0 Å². The summed E-state index contributed by atoms with van der Waals surface area (Å²) in [4.78, 5) is 34.2. The van der Waals surface area contributed by atoms with E-state index in [2.05, 4.69) is 0 Å². The lowest BCUT2D eigenvalue weighted by atomic mass is 10.0. The number of amides is 1. The van der Waals surface area contributed by atoms with Gasteiger partial charge in [-0.25, -0.2) is 4.79 Å². The minimum Gasteiger partial charge on any atom is -0.480 e. The Labute approximate surface area is 121 Å². The molecule has 0 saturated heterocycles. The minimum atomic E-state index is -1.40. The average molecular weight is 296 g/mol. The fraction of sp³-hybridized carbons (Fsp3) is 0.385. The summed E-state index contributed by atoms with van der Waals surface area (Å²) in [6, 6.07) is 5.64. The number of carboxylic acids is 1. The third kappa shape index (κ3) is 3.68. The number of carboxylic acid groups (broad SMARTS) is 1. The second kappa shape index (κ2) is 6.21. The molecule has 1 aromatic carbocycles. The molecule has 0 aliphatic rings. The summed E-state index contributed by atoms with van der Waals surface area (Å²) < 4.78 is 5.13. The largest absolute Gasteiger partial charge is 0.480 e. The Kier molecular flexibility index (Phi) is 4.85. The van der Waals surface area contributed by atoms with Crippen molar-refractivity contribution in [2.24, 2.45) is 0 Å². The Balaban J connectivity index is 2.79. The average Bonchev–Trinajstić information content (AvgIpc) is 2.43. The molecule has 0 bridgehead atoms. The van der Waals surface area contributed by atoms with Crippen LogP contribution in [-0.2, 0) is 9.59 Å². The van der Waals surface area contributed by atoms with Crippen LogP contribution in [0.25, 0.3) is 0 Å². The molecule has 0 unspecified atom stereocenters. The zero-order valence-electron chi connectivity index (χ0n) is 11.9. The first kappa shape index (κ1) is 16.4. The van der Waals surface area contributed by atoms with Crippen LogP contribution in [0, 0.1) is 10.1 Å². The number of benzene rings is 1. The maximum absolute atomic E-state index is 11.9. The lowest BCUT2D eigenvalue weighted by Gasteiger charge is -2.31. The molecule has 0 radical (unpaired) electrons. The summed E-state index contributed by atoms with van der Waals surface area (Å²) in [6.45, 7) is 2.26. The molecule has 1 aromatic rings. The molecule has 0 fully saturated rings.